The number of nitrogens with one attached hydrogen (secondary N) is 2. The lowest BCUT2D eigenvalue weighted by molar-refractivity contribution is 1.28. The molecule has 0 saturated heterocycles. The van der Waals surface area contributed by atoms with E-state index in [0.717, 1.165) is 24.5 Å². The summed E-state index contributed by atoms with van der Waals surface area (Å²) in [6.45, 7) is 11.0. The maximum absolute atomic E-state index is 3.69. The molecule has 0 spiro atoms. The van der Waals surface area contributed by atoms with Crippen LogP contribution in [0.5, 0.6) is 0 Å². The summed E-state index contributed by atoms with van der Waals surface area (Å²) >= 11 is 0. The molecule has 0 saturated carbocycles. The second-order valence-corrected chi connectivity index (χ2v) is 3.37. The lowest BCUT2D eigenvalue weighted by Gasteiger charge is -2.10. The molecule has 2 heteroatoms. The first-order valence-electron chi connectivity index (χ1n) is 5.08. The van der Waals surface area contributed by atoms with E-state index in [0.29, 0.717) is 0 Å². The van der Waals surface area contributed by atoms with Gasteiger partial charge in [-0.25, -0.2) is 0 Å². The van der Waals surface area contributed by atoms with Crippen LogP contribution in [-0.4, -0.2) is 13.1 Å². The molecular weight excluding hydrogens is 184 g/mol. The summed E-state index contributed by atoms with van der Waals surface area (Å²) in [4.78, 5) is 0. The Bertz CT molecular complexity index is 342. The first-order valence-corrected chi connectivity index (χ1v) is 5.08. The van der Waals surface area contributed by atoms with Gasteiger partial charge < -0.3 is 10.6 Å². The van der Waals surface area contributed by atoms with Crippen molar-refractivity contribution in [3.8, 4) is 0 Å². The van der Waals surface area contributed by atoms with Gasteiger partial charge in [0.05, 0.1) is 0 Å². The maximum atomic E-state index is 3.69. The van der Waals surface area contributed by atoms with E-state index in [1.807, 2.05) is 12.2 Å². The molecular formula is C13H18N2. The zero-order valence-electron chi connectivity index (χ0n) is 9.22. The zero-order chi connectivity index (χ0) is 11.1. The van der Waals surface area contributed by atoms with Crippen LogP contribution < -0.4 is 10.6 Å². The fourth-order valence-corrected chi connectivity index (χ4v) is 1.29. The van der Waals surface area contributed by atoms with Gasteiger partial charge in [0, 0.05) is 24.5 Å². The van der Waals surface area contributed by atoms with Gasteiger partial charge in [-0.05, 0) is 24.6 Å². The summed E-state index contributed by atoms with van der Waals surface area (Å²) in [7, 11) is 0. The van der Waals surface area contributed by atoms with Gasteiger partial charge in [-0.2, -0.15) is 0 Å². The quantitative estimate of drug-likeness (QED) is 0.692. The molecule has 0 heterocycles. The monoisotopic (exact) mass is 202 g/mol. The van der Waals surface area contributed by atoms with Crippen LogP contribution in [0.4, 0.5) is 11.4 Å². The highest BCUT2D eigenvalue weighted by molar-refractivity contribution is 5.61. The molecule has 1 aromatic carbocycles. The highest BCUT2D eigenvalue weighted by atomic mass is 14.9. The molecule has 0 aliphatic carbocycles. The largest absolute Gasteiger partial charge is 0.382 e. The van der Waals surface area contributed by atoms with E-state index >= 15 is 0 Å². The van der Waals surface area contributed by atoms with Crippen LogP contribution in [-0.2, 0) is 0 Å². The van der Waals surface area contributed by atoms with Gasteiger partial charge in [0.15, 0.2) is 0 Å². The Hall–Kier alpha value is -1.70. The minimum absolute atomic E-state index is 0.782. The molecule has 0 bridgehead atoms. The van der Waals surface area contributed by atoms with Gasteiger partial charge in [-0.15, -0.1) is 13.2 Å². The van der Waals surface area contributed by atoms with Crippen molar-refractivity contribution >= 4 is 11.4 Å². The second kappa shape index (κ2) is 5.91. The van der Waals surface area contributed by atoms with Crippen LogP contribution in [0.15, 0.2) is 43.5 Å². The van der Waals surface area contributed by atoms with Crippen LogP contribution in [0, 0.1) is 6.92 Å². The molecule has 0 fully saturated rings. The number of hydrogen-bond donors (Lipinski definition) is 2. The van der Waals surface area contributed by atoms with E-state index in [-0.39, 0.29) is 0 Å². The van der Waals surface area contributed by atoms with E-state index in [1.165, 1.54) is 5.56 Å². The number of benzene rings is 1. The summed E-state index contributed by atoms with van der Waals surface area (Å²) in [6, 6.07) is 6.26. The van der Waals surface area contributed by atoms with Gasteiger partial charge in [0.1, 0.15) is 0 Å². The van der Waals surface area contributed by atoms with Crippen molar-refractivity contribution in [1.82, 2.24) is 0 Å². The molecule has 0 radical (unpaired) electrons. The summed E-state index contributed by atoms with van der Waals surface area (Å²) in [5.41, 5.74) is 3.48. The van der Waals surface area contributed by atoms with Crippen molar-refractivity contribution in [2.24, 2.45) is 0 Å². The van der Waals surface area contributed by atoms with Crippen LogP contribution in [0.3, 0.4) is 0 Å². The number of anilines is 2. The van der Waals surface area contributed by atoms with Gasteiger partial charge in [0.25, 0.3) is 0 Å². The first-order chi connectivity index (χ1) is 7.27. The fourth-order valence-electron chi connectivity index (χ4n) is 1.29. The minimum Gasteiger partial charge on any atom is -0.382 e. The first kappa shape index (κ1) is 11.4. The van der Waals surface area contributed by atoms with E-state index in [4.69, 9.17) is 0 Å². The molecule has 0 aliphatic rings. The molecule has 2 N–H and O–H groups in total. The number of rotatable bonds is 6. The average Bonchev–Trinajstić information content (AvgIpc) is 2.26. The van der Waals surface area contributed by atoms with Gasteiger partial charge in [0.2, 0.25) is 0 Å². The van der Waals surface area contributed by atoms with Crippen molar-refractivity contribution in [2.75, 3.05) is 23.7 Å². The van der Waals surface area contributed by atoms with Crippen LogP contribution in [0.25, 0.3) is 0 Å². The summed E-state index contributed by atoms with van der Waals surface area (Å²) in [5, 5.41) is 6.55. The molecule has 1 rings (SSSR count). The third kappa shape index (κ3) is 3.50. The van der Waals surface area contributed by atoms with Crippen molar-refractivity contribution in [3.05, 3.63) is 49.1 Å². The van der Waals surface area contributed by atoms with Crippen LogP contribution in [0.1, 0.15) is 5.56 Å². The minimum atomic E-state index is 0.782. The number of hydrogen-bond acceptors (Lipinski definition) is 2. The highest BCUT2D eigenvalue weighted by Gasteiger charge is 1.98. The summed E-state index contributed by atoms with van der Waals surface area (Å²) < 4.78 is 0. The Balaban J connectivity index is 2.74. The molecule has 0 aliphatic heterocycles. The van der Waals surface area contributed by atoms with Gasteiger partial charge in [-0.3, -0.25) is 0 Å². The smallest absolute Gasteiger partial charge is 0.0393 e. The SMILES string of the molecule is C=CCNc1ccc(C)c(NCC=C)c1. The Morgan fingerprint density at radius 2 is 1.80 bits per heavy atom. The number of aryl methyl sites for hydroxylation is 1. The molecule has 80 valence electrons. The predicted molar refractivity (Wildman–Crippen MR) is 68.6 cm³/mol. The molecule has 15 heavy (non-hydrogen) atoms. The van der Waals surface area contributed by atoms with Crippen molar-refractivity contribution in [1.29, 1.82) is 0 Å². The molecule has 0 unspecified atom stereocenters. The Morgan fingerprint density at radius 3 is 2.47 bits per heavy atom. The topological polar surface area (TPSA) is 24.1 Å². The van der Waals surface area contributed by atoms with Gasteiger partial charge in [-0.1, -0.05) is 18.2 Å². The zero-order valence-corrected chi connectivity index (χ0v) is 9.22. The Morgan fingerprint density at radius 1 is 1.13 bits per heavy atom. The molecule has 0 atom stereocenters. The average molecular weight is 202 g/mol. The van der Waals surface area contributed by atoms with E-state index in [1.54, 1.807) is 0 Å². The Kier molecular flexibility index (Phi) is 4.48. The van der Waals surface area contributed by atoms with E-state index in [9.17, 15) is 0 Å². The maximum Gasteiger partial charge on any atom is 0.0393 e. The lowest BCUT2D eigenvalue weighted by atomic mass is 10.2. The third-order valence-corrected chi connectivity index (χ3v) is 2.12. The standard InChI is InChI=1S/C13H18N2/c1-4-8-14-12-7-6-11(3)13(10-12)15-9-5-2/h4-7,10,14-15H,1-2,8-9H2,3H3. The summed E-state index contributed by atoms with van der Waals surface area (Å²) in [5.74, 6) is 0. The summed E-state index contributed by atoms with van der Waals surface area (Å²) in [6.07, 6.45) is 3.69. The third-order valence-electron chi connectivity index (χ3n) is 2.12. The van der Waals surface area contributed by atoms with E-state index in [2.05, 4.69) is 48.9 Å². The molecule has 2 nitrogen and oxygen atoms in total. The molecule has 0 aromatic heterocycles. The van der Waals surface area contributed by atoms with Crippen molar-refractivity contribution < 1.29 is 0 Å². The predicted octanol–water partition coefficient (Wildman–Crippen LogP) is 3.19. The Labute approximate surface area is 91.7 Å². The van der Waals surface area contributed by atoms with Crippen molar-refractivity contribution in [2.45, 2.75) is 6.92 Å². The van der Waals surface area contributed by atoms with Crippen LogP contribution >= 0.6 is 0 Å². The molecule has 1 aromatic rings. The van der Waals surface area contributed by atoms with Crippen molar-refractivity contribution in [3.63, 3.8) is 0 Å². The molecule has 0 amide bonds. The lowest BCUT2D eigenvalue weighted by Crippen LogP contribution is -2.02. The highest BCUT2D eigenvalue weighted by Crippen LogP contribution is 2.19. The normalized spacial score (nSPS) is 9.40. The van der Waals surface area contributed by atoms with Crippen LogP contribution in [0.2, 0.25) is 0 Å². The fraction of sp³-hybridized carbons (Fsp3) is 0.231. The van der Waals surface area contributed by atoms with E-state index < -0.39 is 0 Å². The second-order valence-electron chi connectivity index (χ2n) is 3.37. The van der Waals surface area contributed by atoms with Gasteiger partial charge >= 0.3 is 0 Å².